The van der Waals surface area contributed by atoms with E-state index in [0.717, 1.165) is 0 Å². The van der Waals surface area contributed by atoms with Gasteiger partial charge in [-0.25, -0.2) is 4.68 Å². The lowest BCUT2D eigenvalue weighted by molar-refractivity contribution is 0.112. The van der Waals surface area contributed by atoms with Gasteiger partial charge in [0.1, 0.15) is 5.69 Å². The maximum Gasteiger partial charge on any atom is 0.153 e. The van der Waals surface area contributed by atoms with Gasteiger partial charge in [0.05, 0.1) is 21.8 Å². The van der Waals surface area contributed by atoms with Crippen LogP contribution < -0.4 is 0 Å². The molecule has 0 N–H and O–H groups in total. The Bertz CT molecular complexity index is 528. The Morgan fingerprint density at radius 1 is 1.19 bits per heavy atom. The van der Waals surface area contributed by atoms with Gasteiger partial charge in [-0.05, 0) is 12.1 Å². The minimum absolute atomic E-state index is 0.373. The Balaban J connectivity index is 2.59. The number of carbonyl (C=O) groups is 1. The third-order valence-corrected chi connectivity index (χ3v) is 2.74. The highest BCUT2D eigenvalue weighted by molar-refractivity contribution is 6.40. The number of nitrogens with zero attached hydrogens (tertiary/aromatic N) is 2. The third kappa shape index (κ3) is 2.07. The van der Waals surface area contributed by atoms with Crippen molar-refractivity contribution < 1.29 is 4.79 Å². The number of aromatic nitrogens is 2. The van der Waals surface area contributed by atoms with Crippen LogP contribution in [0, 0.1) is 0 Å². The molecule has 0 atom stereocenters. The molecule has 2 rings (SSSR count). The summed E-state index contributed by atoms with van der Waals surface area (Å²) in [6.07, 6.45) is 3.66. The molecular formula is C10H5Cl3N2O. The predicted octanol–water partition coefficient (Wildman–Crippen LogP) is 3.65. The van der Waals surface area contributed by atoms with E-state index in [4.69, 9.17) is 34.8 Å². The second-order valence-corrected chi connectivity index (χ2v) is 4.30. The Hall–Kier alpha value is -1.03. The van der Waals surface area contributed by atoms with Crippen molar-refractivity contribution in [2.75, 3.05) is 0 Å². The second kappa shape index (κ2) is 4.45. The highest BCUT2D eigenvalue weighted by atomic mass is 35.5. The van der Waals surface area contributed by atoms with Gasteiger partial charge in [0, 0.05) is 11.2 Å². The molecule has 0 radical (unpaired) electrons. The smallest absolute Gasteiger partial charge is 0.153 e. The summed E-state index contributed by atoms with van der Waals surface area (Å²) in [5, 5.41) is 5.17. The fraction of sp³-hybridized carbons (Fsp3) is 0. The zero-order valence-corrected chi connectivity index (χ0v) is 10.1. The molecule has 0 aliphatic rings. The van der Waals surface area contributed by atoms with Crippen molar-refractivity contribution in [3.63, 3.8) is 0 Å². The maximum atomic E-state index is 10.5. The molecule has 0 amide bonds. The number of halogens is 3. The minimum atomic E-state index is 0.373. The lowest BCUT2D eigenvalue weighted by Gasteiger charge is -2.07. The number of aldehydes is 1. The molecule has 0 fully saturated rings. The monoisotopic (exact) mass is 274 g/mol. The van der Waals surface area contributed by atoms with Gasteiger partial charge in [0.25, 0.3) is 0 Å². The van der Waals surface area contributed by atoms with E-state index in [1.165, 1.54) is 17.1 Å². The first kappa shape index (κ1) is 11.5. The van der Waals surface area contributed by atoms with Crippen molar-refractivity contribution in [2.45, 2.75) is 0 Å². The summed E-state index contributed by atoms with van der Waals surface area (Å²) >= 11 is 17.8. The predicted molar refractivity (Wildman–Crippen MR) is 64.0 cm³/mol. The van der Waals surface area contributed by atoms with Gasteiger partial charge in [0.15, 0.2) is 6.29 Å². The molecule has 1 aromatic carbocycles. The van der Waals surface area contributed by atoms with Gasteiger partial charge in [-0.1, -0.05) is 34.8 Å². The molecule has 6 heteroatoms. The largest absolute Gasteiger partial charge is 0.298 e. The van der Waals surface area contributed by atoms with Gasteiger partial charge in [-0.2, -0.15) is 5.10 Å². The zero-order chi connectivity index (χ0) is 11.7. The van der Waals surface area contributed by atoms with E-state index in [2.05, 4.69) is 5.10 Å². The van der Waals surface area contributed by atoms with Gasteiger partial charge in [-0.15, -0.1) is 0 Å². The Kier molecular flexibility index (Phi) is 3.19. The normalized spacial score (nSPS) is 10.4. The molecule has 0 saturated carbocycles. The number of benzene rings is 1. The molecule has 0 saturated heterocycles. The van der Waals surface area contributed by atoms with E-state index in [1.807, 2.05) is 0 Å². The van der Waals surface area contributed by atoms with Crippen LogP contribution in [-0.4, -0.2) is 16.1 Å². The van der Waals surface area contributed by atoms with Crippen LogP contribution in [0.4, 0.5) is 0 Å². The van der Waals surface area contributed by atoms with Crippen molar-refractivity contribution in [2.24, 2.45) is 0 Å². The summed E-state index contributed by atoms with van der Waals surface area (Å²) in [6, 6.07) is 3.12. The molecule has 0 aliphatic heterocycles. The van der Waals surface area contributed by atoms with Crippen LogP contribution >= 0.6 is 34.8 Å². The van der Waals surface area contributed by atoms with Crippen molar-refractivity contribution in [3.05, 3.63) is 45.2 Å². The number of hydrogen-bond acceptors (Lipinski definition) is 2. The fourth-order valence-corrected chi connectivity index (χ4v) is 2.26. The van der Waals surface area contributed by atoms with Crippen LogP contribution in [0.2, 0.25) is 15.1 Å². The van der Waals surface area contributed by atoms with Gasteiger partial charge < -0.3 is 0 Å². The van der Waals surface area contributed by atoms with Crippen molar-refractivity contribution in [1.82, 2.24) is 9.78 Å². The van der Waals surface area contributed by atoms with Crippen LogP contribution in [0.3, 0.4) is 0 Å². The summed E-state index contributed by atoms with van der Waals surface area (Å²) in [7, 11) is 0. The molecular weight excluding hydrogens is 270 g/mol. The van der Waals surface area contributed by atoms with E-state index in [9.17, 15) is 4.79 Å². The van der Waals surface area contributed by atoms with Crippen molar-refractivity contribution in [3.8, 4) is 5.69 Å². The first-order valence-electron chi connectivity index (χ1n) is 4.26. The molecule has 1 aromatic heterocycles. The molecule has 16 heavy (non-hydrogen) atoms. The lowest BCUT2D eigenvalue weighted by Crippen LogP contribution is -1.96. The number of rotatable bonds is 2. The summed E-state index contributed by atoms with van der Waals surface area (Å²) in [5.74, 6) is 0. The standard InChI is InChI=1S/C10H5Cl3N2O/c11-7-1-8(12)10(9(13)2-7)15-4-6(5-16)3-14-15/h1-5H. The molecule has 1 heterocycles. The summed E-state index contributed by atoms with van der Waals surface area (Å²) in [4.78, 5) is 10.5. The summed E-state index contributed by atoms with van der Waals surface area (Å²) in [5.41, 5.74) is 0.947. The third-order valence-electron chi connectivity index (χ3n) is 1.95. The number of hydrogen-bond donors (Lipinski definition) is 0. The highest BCUT2D eigenvalue weighted by Crippen LogP contribution is 2.31. The Labute approximate surface area is 107 Å². The van der Waals surface area contributed by atoms with E-state index < -0.39 is 0 Å². The van der Waals surface area contributed by atoms with Gasteiger partial charge in [-0.3, -0.25) is 4.79 Å². The average Bonchev–Trinajstić information content (AvgIpc) is 2.64. The lowest BCUT2D eigenvalue weighted by atomic mass is 10.3. The average molecular weight is 276 g/mol. The van der Waals surface area contributed by atoms with Crippen molar-refractivity contribution in [1.29, 1.82) is 0 Å². The molecule has 0 spiro atoms. The van der Waals surface area contributed by atoms with Crippen LogP contribution in [0.5, 0.6) is 0 Å². The van der Waals surface area contributed by atoms with E-state index >= 15 is 0 Å². The molecule has 2 aromatic rings. The molecule has 82 valence electrons. The van der Waals surface area contributed by atoms with Crippen LogP contribution in [0.1, 0.15) is 10.4 Å². The molecule has 0 aliphatic carbocycles. The van der Waals surface area contributed by atoms with E-state index in [0.29, 0.717) is 32.6 Å². The second-order valence-electron chi connectivity index (χ2n) is 3.05. The summed E-state index contributed by atoms with van der Waals surface area (Å²) in [6.45, 7) is 0. The van der Waals surface area contributed by atoms with Gasteiger partial charge in [0.2, 0.25) is 0 Å². The maximum absolute atomic E-state index is 10.5. The first-order chi connectivity index (χ1) is 7.61. The Morgan fingerprint density at radius 3 is 2.31 bits per heavy atom. The molecule has 0 bridgehead atoms. The minimum Gasteiger partial charge on any atom is -0.298 e. The van der Waals surface area contributed by atoms with E-state index in [1.54, 1.807) is 12.1 Å². The SMILES string of the molecule is O=Cc1cnn(-c2c(Cl)cc(Cl)cc2Cl)c1. The fourth-order valence-electron chi connectivity index (χ4n) is 1.27. The van der Waals surface area contributed by atoms with Crippen LogP contribution in [-0.2, 0) is 0 Å². The quantitative estimate of drug-likeness (QED) is 0.784. The summed E-state index contributed by atoms with van der Waals surface area (Å²) < 4.78 is 1.44. The molecule has 3 nitrogen and oxygen atoms in total. The zero-order valence-electron chi connectivity index (χ0n) is 7.82. The molecule has 0 unspecified atom stereocenters. The number of carbonyl (C=O) groups excluding carboxylic acids is 1. The highest BCUT2D eigenvalue weighted by Gasteiger charge is 2.11. The van der Waals surface area contributed by atoms with Crippen LogP contribution in [0.15, 0.2) is 24.5 Å². The first-order valence-corrected chi connectivity index (χ1v) is 5.40. The van der Waals surface area contributed by atoms with Crippen molar-refractivity contribution >= 4 is 41.1 Å². The Morgan fingerprint density at radius 2 is 1.81 bits per heavy atom. The van der Waals surface area contributed by atoms with Crippen LogP contribution in [0.25, 0.3) is 5.69 Å². The van der Waals surface area contributed by atoms with Gasteiger partial charge >= 0.3 is 0 Å². The topological polar surface area (TPSA) is 34.9 Å². The van der Waals surface area contributed by atoms with E-state index in [-0.39, 0.29) is 0 Å².